The first-order chi connectivity index (χ1) is 10.4. The highest BCUT2D eigenvalue weighted by Gasteiger charge is 2.54. The van der Waals surface area contributed by atoms with Crippen molar-refractivity contribution in [1.29, 1.82) is 0 Å². The molecule has 1 aromatic rings. The second kappa shape index (κ2) is 5.50. The number of aromatic nitrogens is 1. The Morgan fingerprint density at radius 3 is 3.00 bits per heavy atom. The van der Waals surface area contributed by atoms with Crippen LogP contribution in [0.15, 0.2) is 27.6 Å². The maximum absolute atomic E-state index is 6.09. The van der Waals surface area contributed by atoms with Gasteiger partial charge in [0.25, 0.3) is 0 Å². The smallest absolute Gasteiger partial charge is 0.240 e. The minimum atomic E-state index is -0.350. The third kappa shape index (κ3) is 2.74. The van der Waals surface area contributed by atoms with Crippen LogP contribution < -0.4 is 4.74 Å². The van der Waals surface area contributed by atoms with Crippen molar-refractivity contribution in [1.82, 2.24) is 9.88 Å². The molecule has 0 aromatic carbocycles. The summed E-state index contributed by atoms with van der Waals surface area (Å²) in [4.78, 5) is 7.72. The first-order valence-corrected chi connectivity index (χ1v) is 8.38. The molecule has 1 spiro atoms. The monoisotopic (exact) mass is 305 g/mol. The molecule has 1 aromatic heterocycles. The van der Waals surface area contributed by atoms with E-state index in [4.69, 9.17) is 9.47 Å². The van der Waals surface area contributed by atoms with Crippen molar-refractivity contribution in [2.24, 2.45) is 4.40 Å². The molecule has 112 valence electrons. The fraction of sp³-hybridized carbons (Fsp3) is 0.600. The molecule has 0 unspecified atom stereocenters. The van der Waals surface area contributed by atoms with Gasteiger partial charge >= 0.3 is 0 Å². The van der Waals surface area contributed by atoms with E-state index < -0.39 is 0 Å². The van der Waals surface area contributed by atoms with Crippen LogP contribution in [0, 0.1) is 0 Å². The fourth-order valence-electron chi connectivity index (χ4n) is 2.79. The molecular weight excluding hydrogens is 286 g/mol. The highest BCUT2D eigenvalue weighted by Crippen LogP contribution is 2.46. The second-order valence-electron chi connectivity index (χ2n) is 5.79. The molecule has 2 fully saturated rings. The van der Waals surface area contributed by atoms with Crippen molar-refractivity contribution < 1.29 is 9.47 Å². The zero-order valence-corrected chi connectivity index (χ0v) is 12.8. The molecule has 21 heavy (non-hydrogen) atoms. The maximum Gasteiger partial charge on any atom is 0.240 e. The van der Waals surface area contributed by atoms with E-state index in [1.165, 1.54) is 37.9 Å². The van der Waals surface area contributed by atoms with Gasteiger partial charge < -0.3 is 9.47 Å². The average Bonchev–Trinajstić information content (AvgIpc) is 3.13. The van der Waals surface area contributed by atoms with Crippen molar-refractivity contribution in [3.63, 3.8) is 0 Å². The van der Waals surface area contributed by atoms with Crippen LogP contribution in [-0.2, 0) is 4.74 Å². The Morgan fingerprint density at radius 1 is 1.33 bits per heavy atom. The Labute approximate surface area is 128 Å². The standard InChI is InChI=1S/C15H19N3O2S/c1-2-9-18(8-1)10-11-19-14-15(5-6-15)20-13-12(21-17-14)4-3-7-16-13/h3-4,7H,1-2,5-6,8-11H2. The van der Waals surface area contributed by atoms with E-state index in [1.807, 2.05) is 12.1 Å². The van der Waals surface area contributed by atoms with Gasteiger partial charge in [0.15, 0.2) is 5.60 Å². The Bertz CT molecular complexity index is 554. The van der Waals surface area contributed by atoms with E-state index in [2.05, 4.69) is 14.3 Å². The number of ether oxygens (including phenoxy) is 2. The number of fused-ring (bicyclic) bond motifs is 1. The molecule has 1 saturated heterocycles. The molecule has 3 heterocycles. The summed E-state index contributed by atoms with van der Waals surface area (Å²) in [6.45, 7) is 4.06. The molecule has 3 aliphatic rings. The average molecular weight is 305 g/mol. The summed E-state index contributed by atoms with van der Waals surface area (Å²) in [5.74, 6) is 1.42. The lowest BCUT2D eigenvalue weighted by atomic mass is 10.3. The zero-order chi connectivity index (χ0) is 14.1. The second-order valence-corrected chi connectivity index (χ2v) is 6.59. The largest absolute Gasteiger partial charge is 0.476 e. The lowest BCUT2D eigenvalue weighted by Crippen LogP contribution is -2.34. The number of nitrogens with zero attached hydrogens (tertiary/aromatic N) is 3. The van der Waals surface area contributed by atoms with E-state index in [9.17, 15) is 0 Å². The predicted octanol–water partition coefficient (Wildman–Crippen LogP) is 2.52. The van der Waals surface area contributed by atoms with Crippen molar-refractivity contribution in [2.45, 2.75) is 36.2 Å². The van der Waals surface area contributed by atoms with Crippen LogP contribution in [0.1, 0.15) is 25.7 Å². The van der Waals surface area contributed by atoms with Crippen LogP contribution in [0.5, 0.6) is 5.88 Å². The molecule has 0 radical (unpaired) electrons. The lowest BCUT2D eigenvalue weighted by molar-refractivity contribution is 0.166. The van der Waals surface area contributed by atoms with Gasteiger partial charge in [0.2, 0.25) is 11.8 Å². The van der Waals surface area contributed by atoms with E-state index in [0.717, 1.165) is 30.2 Å². The van der Waals surface area contributed by atoms with Crippen molar-refractivity contribution >= 4 is 17.8 Å². The summed E-state index contributed by atoms with van der Waals surface area (Å²) in [6.07, 6.45) is 6.31. The Kier molecular flexibility index (Phi) is 3.51. The van der Waals surface area contributed by atoms with Crippen molar-refractivity contribution in [3.8, 4) is 5.88 Å². The number of hydrogen-bond acceptors (Lipinski definition) is 6. The maximum atomic E-state index is 6.09. The first kappa shape index (κ1) is 13.4. The molecule has 5 nitrogen and oxygen atoms in total. The number of likely N-dealkylation sites (tertiary alicyclic amines) is 1. The van der Waals surface area contributed by atoms with Crippen LogP contribution in [-0.4, -0.2) is 47.6 Å². The van der Waals surface area contributed by atoms with Gasteiger partial charge in [-0.15, -0.1) is 0 Å². The van der Waals surface area contributed by atoms with Gasteiger partial charge in [0, 0.05) is 37.5 Å². The quantitative estimate of drug-likeness (QED) is 0.803. The van der Waals surface area contributed by atoms with Crippen LogP contribution >= 0.6 is 11.9 Å². The minimum absolute atomic E-state index is 0.350. The Hall–Kier alpha value is -1.27. The summed E-state index contributed by atoms with van der Waals surface area (Å²) in [5.41, 5.74) is -0.350. The van der Waals surface area contributed by atoms with Crippen LogP contribution in [0.25, 0.3) is 0 Å². The fourth-order valence-corrected chi connectivity index (χ4v) is 3.50. The van der Waals surface area contributed by atoms with Crippen LogP contribution in [0.2, 0.25) is 0 Å². The minimum Gasteiger partial charge on any atom is -0.476 e. The molecule has 6 heteroatoms. The summed E-state index contributed by atoms with van der Waals surface area (Å²) in [7, 11) is 0. The molecule has 2 aliphatic heterocycles. The molecule has 0 N–H and O–H groups in total. The molecule has 0 atom stereocenters. The Balaban J connectivity index is 1.42. The van der Waals surface area contributed by atoms with Crippen molar-refractivity contribution in [2.75, 3.05) is 26.2 Å². The van der Waals surface area contributed by atoms with Crippen molar-refractivity contribution in [3.05, 3.63) is 18.3 Å². The highest BCUT2D eigenvalue weighted by atomic mass is 32.2. The van der Waals surface area contributed by atoms with Gasteiger partial charge in [0.1, 0.15) is 6.61 Å². The van der Waals surface area contributed by atoms with Gasteiger partial charge in [-0.05, 0) is 38.1 Å². The SMILES string of the molecule is c1cnc2c(c1)SN=C(OCCN1CCCC1)C1(CC1)O2. The molecule has 4 rings (SSSR count). The highest BCUT2D eigenvalue weighted by molar-refractivity contribution is 7.98. The lowest BCUT2D eigenvalue weighted by Gasteiger charge is -2.20. The topological polar surface area (TPSA) is 47.0 Å². The summed E-state index contributed by atoms with van der Waals surface area (Å²) in [6, 6.07) is 3.89. The van der Waals surface area contributed by atoms with E-state index in [1.54, 1.807) is 6.20 Å². The number of pyridine rings is 1. The molecule has 0 amide bonds. The van der Waals surface area contributed by atoms with Gasteiger partial charge in [-0.2, -0.15) is 4.40 Å². The normalized spacial score (nSPS) is 23.1. The third-order valence-corrected chi connectivity index (χ3v) is 4.96. The zero-order valence-electron chi connectivity index (χ0n) is 12.0. The summed E-state index contributed by atoms with van der Waals surface area (Å²) in [5, 5.41) is 0. The van der Waals surface area contributed by atoms with Gasteiger partial charge in [-0.1, -0.05) is 0 Å². The summed E-state index contributed by atoms with van der Waals surface area (Å²) < 4.78 is 16.6. The molecule has 1 aliphatic carbocycles. The van der Waals surface area contributed by atoms with E-state index in [0.29, 0.717) is 12.5 Å². The van der Waals surface area contributed by atoms with Gasteiger partial charge in [-0.25, -0.2) is 4.98 Å². The van der Waals surface area contributed by atoms with Gasteiger partial charge in [0.05, 0.1) is 4.90 Å². The molecular formula is C15H19N3O2S. The third-order valence-electron chi connectivity index (χ3n) is 4.19. The number of hydrogen-bond donors (Lipinski definition) is 0. The number of rotatable bonds is 3. The Morgan fingerprint density at radius 2 is 2.19 bits per heavy atom. The molecule has 1 saturated carbocycles. The van der Waals surface area contributed by atoms with Crippen LogP contribution in [0.3, 0.4) is 0 Å². The van der Waals surface area contributed by atoms with Crippen LogP contribution in [0.4, 0.5) is 0 Å². The predicted molar refractivity (Wildman–Crippen MR) is 81.7 cm³/mol. The summed E-state index contributed by atoms with van der Waals surface area (Å²) >= 11 is 1.40. The van der Waals surface area contributed by atoms with E-state index in [-0.39, 0.29) is 5.60 Å². The molecule has 0 bridgehead atoms. The van der Waals surface area contributed by atoms with E-state index >= 15 is 0 Å². The van der Waals surface area contributed by atoms with Gasteiger partial charge in [-0.3, -0.25) is 4.90 Å². The first-order valence-electron chi connectivity index (χ1n) is 7.60.